The van der Waals surface area contributed by atoms with E-state index in [-0.39, 0.29) is 32.2 Å². The lowest BCUT2D eigenvalue weighted by Crippen LogP contribution is -2.50. The standard InChI is InChI=1S/C36H38O7/c1-38-36-32(37)34(41-24-29-18-10-4-11-19-29)35(42-25-30-20-12-5-13-21-30)33(40-23-28-16-8-3-9-17-28)31(43-36)26-39-22-27-14-6-2-7-15-27/h2-21,31,33-36H,22-26H2,1H3/t31-,33-,34+,35+,36+/m1/s1. The highest BCUT2D eigenvalue weighted by Crippen LogP contribution is 2.28. The molecule has 5 rings (SSSR count). The van der Waals surface area contributed by atoms with E-state index in [4.69, 9.17) is 28.4 Å². The van der Waals surface area contributed by atoms with E-state index >= 15 is 0 Å². The van der Waals surface area contributed by atoms with Crippen molar-refractivity contribution in [2.24, 2.45) is 0 Å². The molecule has 0 saturated carbocycles. The lowest BCUT2D eigenvalue weighted by atomic mass is 10.0. The Morgan fingerprint density at radius 3 is 1.44 bits per heavy atom. The summed E-state index contributed by atoms with van der Waals surface area (Å²) in [6, 6.07) is 39.3. The number of carbonyl (C=O) groups is 1. The van der Waals surface area contributed by atoms with E-state index in [9.17, 15) is 4.79 Å². The number of Topliss-reactive ketones (excluding diaryl/α,β-unsaturated/α-hetero) is 1. The van der Waals surface area contributed by atoms with Crippen molar-refractivity contribution < 1.29 is 33.2 Å². The highest BCUT2D eigenvalue weighted by atomic mass is 16.7. The molecular weight excluding hydrogens is 544 g/mol. The zero-order valence-electron chi connectivity index (χ0n) is 24.3. The second-order valence-electron chi connectivity index (χ2n) is 10.4. The number of hydrogen-bond donors (Lipinski definition) is 0. The third-order valence-corrected chi connectivity index (χ3v) is 7.25. The van der Waals surface area contributed by atoms with Gasteiger partial charge in [-0.15, -0.1) is 0 Å². The first-order chi connectivity index (χ1) is 21.2. The van der Waals surface area contributed by atoms with E-state index < -0.39 is 30.7 Å². The van der Waals surface area contributed by atoms with Crippen molar-refractivity contribution in [1.82, 2.24) is 0 Å². The maximum atomic E-state index is 13.9. The van der Waals surface area contributed by atoms with Crippen LogP contribution in [0.15, 0.2) is 121 Å². The van der Waals surface area contributed by atoms with Crippen molar-refractivity contribution in [1.29, 1.82) is 0 Å². The Labute approximate surface area is 253 Å². The fourth-order valence-corrected chi connectivity index (χ4v) is 5.01. The summed E-state index contributed by atoms with van der Waals surface area (Å²) in [4.78, 5) is 13.9. The first-order valence-corrected chi connectivity index (χ1v) is 14.5. The average molecular weight is 583 g/mol. The van der Waals surface area contributed by atoms with Crippen molar-refractivity contribution in [3.8, 4) is 0 Å². The summed E-state index contributed by atoms with van der Waals surface area (Å²) >= 11 is 0. The minimum Gasteiger partial charge on any atom is -0.374 e. The predicted octanol–water partition coefficient (Wildman–Crippen LogP) is 5.90. The van der Waals surface area contributed by atoms with Gasteiger partial charge in [0.25, 0.3) is 0 Å². The SMILES string of the molecule is CO[C@H]1O[C@H](COCc2ccccc2)[C@@H](OCc2ccccc2)[C@H](OCc2ccccc2)[C@@H](OCc2ccccc2)C1=O. The molecule has 1 heterocycles. The van der Waals surface area contributed by atoms with E-state index in [0.29, 0.717) is 6.61 Å². The van der Waals surface area contributed by atoms with Crippen molar-refractivity contribution in [3.63, 3.8) is 0 Å². The molecule has 0 N–H and O–H groups in total. The molecule has 1 aliphatic heterocycles. The molecule has 5 atom stereocenters. The molecule has 0 bridgehead atoms. The largest absolute Gasteiger partial charge is 0.374 e. The van der Waals surface area contributed by atoms with Crippen LogP contribution in [0.2, 0.25) is 0 Å². The zero-order chi connectivity index (χ0) is 29.7. The lowest BCUT2D eigenvalue weighted by molar-refractivity contribution is -0.206. The highest BCUT2D eigenvalue weighted by molar-refractivity contribution is 5.87. The molecule has 0 unspecified atom stereocenters. The average Bonchev–Trinajstić information content (AvgIpc) is 3.17. The summed E-state index contributed by atoms with van der Waals surface area (Å²) in [5, 5.41) is 0. The topological polar surface area (TPSA) is 72.5 Å². The first kappa shape index (κ1) is 30.8. The van der Waals surface area contributed by atoms with Gasteiger partial charge in [0.2, 0.25) is 12.1 Å². The molecule has 1 aliphatic rings. The van der Waals surface area contributed by atoms with Crippen LogP contribution in [0, 0.1) is 0 Å². The molecule has 0 spiro atoms. The molecule has 7 nitrogen and oxygen atoms in total. The quantitative estimate of drug-likeness (QED) is 0.183. The van der Waals surface area contributed by atoms with E-state index in [1.54, 1.807) is 0 Å². The van der Waals surface area contributed by atoms with Gasteiger partial charge in [0.15, 0.2) is 6.10 Å². The van der Waals surface area contributed by atoms with Crippen LogP contribution in [0.5, 0.6) is 0 Å². The van der Waals surface area contributed by atoms with Crippen molar-refractivity contribution in [2.75, 3.05) is 13.7 Å². The van der Waals surface area contributed by atoms with Crippen LogP contribution in [0.4, 0.5) is 0 Å². The van der Waals surface area contributed by atoms with E-state index in [0.717, 1.165) is 22.3 Å². The Hall–Kier alpha value is -3.69. The highest BCUT2D eigenvalue weighted by Gasteiger charge is 2.49. The van der Waals surface area contributed by atoms with Crippen LogP contribution in [0.3, 0.4) is 0 Å². The zero-order valence-corrected chi connectivity index (χ0v) is 24.3. The molecule has 0 amide bonds. The van der Waals surface area contributed by atoms with Crippen LogP contribution in [0.25, 0.3) is 0 Å². The number of carbonyl (C=O) groups excluding carboxylic acids is 1. The Kier molecular flexibility index (Phi) is 11.6. The summed E-state index contributed by atoms with van der Waals surface area (Å²) in [6.07, 6.45) is -4.42. The van der Waals surface area contributed by atoms with Gasteiger partial charge in [0, 0.05) is 7.11 Å². The van der Waals surface area contributed by atoms with Crippen LogP contribution in [-0.4, -0.2) is 50.2 Å². The van der Waals surface area contributed by atoms with Gasteiger partial charge in [-0.25, -0.2) is 0 Å². The van der Waals surface area contributed by atoms with Gasteiger partial charge in [-0.05, 0) is 22.3 Å². The van der Waals surface area contributed by atoms with Crippen molar-refractivity contribution >= 4 is 5.78 Å². The lowest BCUT2D eigenvalue weighted by Gasteiger charge is -2.33. The second-order valence-corrected chi connectivity index (χ2v) is 10.4. The first-order valence-electron chi connectivity index (χ1n) is 14.5. The number of benzene rings is 4. The summed E-state index contributed by atoms with van der Waals surface area (Å²) < 4.78 is 37.5. The predicted molar refractivity (Wildman–Crippen MR) is 162 cm³/mol. The third kappa shape index (κ3) is 8.91. The Bertz CT molecular complexity index is 1350. The molecule has 0 radical (unpaired) electrons. The maximum Gasteiger partial charge on any atom is 0.220 e. The van der Waals surface area contributed by atoms with Gasteiger partial charge in [-0.1, -0.05) is 121 Å². The minimum atomic E-state index is -1.18. The number of ether oxygens (including phenoxy) is 6. The molecule has 0 aliphatic carbocycles. The van der Waals surface area contributed by atoms with Crippen LogP contribution < -0.4 is 0 Å². The molecule has 1 saturated heterocycles. The van der Waals surface area contributed by atoms with Crippen molar-refractivity contribution in [3.05, 3.63) is 144 Å². The van der Waals surface area contributed by atoms with Gasteiger partial charge < -0.3 is 28.4 Å². The van der Waals surface area contributed by atoms with E-state index in [2.05, 4.69) is 0 Å². The number of ketones is 1. The van der Waals surface area contributed by atoms with Gasteiger partial charge in [-0.3, -0.25) is 4.79 Å². The molecular formula is C36H38O7. The summed E-state index contributed by atoms with van der Waals surface area (Å²) in [5.41, 5.74) is 3.90. The maximum absolute atomic E-state index is 13.9. The van der Waals surface area contributed by atoms with E-state index in [1.807, 2.05) is 121 Å². The Morgan fingerprint density at radius 2 is 0.977 bits per heavy atom. The number of rotatable bonds is 14. The summed E-state index contributed by atoms with van der Waals surface area (Å²) in [5.74, 6) is -0.365. The third-order valence-electron chi connectivity index (χ3n) is 7.25. The second kappa shape index (κ2) is 16.2. The fourth-order valence-electron chi connectivity index (χ4n) is 5.01. The molecule has 1 fully saturated rings. The van der Waals surface area contributed by atoms with Crippen LogP contribution in [0.1, 0.15) is 22.3 Å². The van der Waals surface area contributed by atoms with Crippen LogP contribution >= 0.6 is 0 Å². The number of hydrogen-bond acceptors (Lipinski definition) is 7. The minimum absolute atomic E-state index is 0.151. The number of methoxy groups -OCH3 is 1. The summed E-state index contributed by atoms with van der Waals surface area (Å²) in [6.45, 7) is 1.27. The van der Waals surface area contributed by atoms with Crippen molar-refractivity contribution in [2.45, 2.75) is 57.1 Å². The van der Waals surface area contributed by atoms with Gasteiger partial charge in [0.1, 0.15) is 18.3 Å². The summed E-state index contributed by atoms with van der Waals surface area (Å²) in [7, 11) is 1.45. The monoisotopic (exact) mass is 582 g/mol. The van der Waals surface area contributed by atoms with Crippen LogP contribution in [-0.2, 0) is 59.6 Å². The van der Waals surface area contributed by atoms with Gasteiger partial charge in [0.05, 0.1) is 33.0 Å². The molecule has 4 aromatic rings. The normalized spacial score (nSPS) is 22.3. The molecule has 0 aromatic heterocycles. The smallest absolute Gasteiger partial charge is 0.220 e. The Morgan fingerprint density at radius 1 is 0.558 bits per heavy atom. The van der Waals surface area contributed by atoms with E-state index in [1.165, 1.54) is 7.11 Å². The molecule has 7 heteroatoms. The Balaban J connectivity index is 1.45. The molecule has 4 aromatic carbocycles. The van der Waals surface area contributed by atoms with Gasteiger partial charge in [-0.2, -0.15) is 0 Å². The molecule has 224 valence electrons. The fraction of sp³-hybridized carbons (Fsp3) is 0.306. The molecule has 43 heavy (non-hydrogen) atoms. The van der Waals surface area contributed by atoms with Gasteiger partial charge >= 0.3 is 0 Å².